The Bertz CT molecular complexity index is 713. The van der Waals surface area contributed by atoms with Crippen LogP contribution in [0.5, 0.6) is 0 Å². The zero-order valence-corrected chi connectivity index (χ0v) is 14.6. The van der Waals surface area contributed by atoms with Crippen LogP contribution in [0.3, 0.4) is 0 Å². The van der Waals surface area contributed by atoms with Crippen molar-refractivity contribution in [2.75, 3.05) is 5.32 Å². The first-order valence-corrected chi connectivity index (χ1v) is 8.39. The highest BCUT2D eigenvalue weighted by atomic mass is 19.1. The van der Waals surface area contributed by atoms with Gasteiger partial charge in [-0.25, -0.2) is 9.18 Å². The summed E-state index contributed by atoms with van der Waals surface area (Å²) >= 11 is 0. The summed E-state index contributed by atoms with van der Waals surface area (Å²) in [5, 5.41) is 5.63. The Kier molecular flexibility index (Phi) is 6.36. The van der Waals surface area contributed by atoms with Crippen LogP contribution in [0.15, 0.2) is 36.4 Å². The number of amides is 2. The Labute approximate surface area is 143 Å². The standard InChI is InChI=1S/C20H25FN2O/c1-4-5-6-16-8-10-19(15(3)11-16)23-20(24)22-13-17-12-18(21)9-7-14(17)2/h7-12H,4-6,13H2,1-3H3,(H2,22,23,24). The SMILES string of the molecule is CCCCc1ccc(NC(=O)NCc2cc(F)ccc2C)c(C)c1. The van der Waals surface area contributed by atoms with Crippen molar-refractivity contribution in [2.24, 2.45) is 0 Å². The number of anilines is 1. The fourth-order valence-electron chi connectivity index (χ4n) is 2.57. The fourth-order valence-corrected chi connectivity index (χ4v) is 2.57. The van der Waals surface area contributed by atoms with E-state index in [-0.39, 0.29) is 11.8 Å². The van der Waals surface area contributed by atoms with Crippen LogP contribution in [0.2, 0.25) is 0 Å². The van der Waals surface area contributed by atoms with E-state index in [4.69, 9.17) is 0 Å². The van der Waals surface area contributed by atoms with Gasteiger partial charge in [-0.1, -0.05) is 31.5 Å². The third kappa shape index (κ3) is 5.08. The third-order valence-electron chi connectivity index (χ3n) is 4.11. The lowest BCUT2D eigenvalue weighted by Crippen LogP contribution is -2.28. The summed E-state index contributed by atoms with van der Waals surface area (Å²) < 4.78 is 13.3. The number of rotatable bonds is 6. The normalized spacial score (nSPS) is 10.5. The second kappa shape index (κ2) is 8.48. The second-order valence-electron chi connectivity index (χ2n) is 6.13. The molecule has 24 heavy (non-hydrogen) atoms. The lowest BCUT2D eigenvalue weighted by molar-refractivity contribution is 0.251. The average molecular weight is 328 g/mol. The minimum Gasteiger partial charge on any atom is -0.334 e. The topological polar surface area (TPSA) is 41.1 Å². The van der Waals surface area contributed by atoms with E-state index in [1.54, 1.807) is 6.07 Å². The fraction of sp³-hybridized carbons (Fsp3) is 0.350. The molecule has 2 rings (SSSR count). The maximum atomic E-state index is 13.3. The molecule has 2 aromatic carbocycles. The van der Waals surface area contributed by atoms with E-state index >= 15 is 0 Å². The highest BCUT2D eigenvalue weighted by Crippen LogP contribution is 2.18. The number of nitrogens with one attached hydrogen (secondary N) is 2. The molecule has 2 aromatic rings. The van der Waals surface area contributed by atoms with Crippen LogP contribution in [0.25, 0.3) is 0 Å². The van der Waals surface area contributed by atoms with Crippen LogP contribution < -0.4 is 10.6 Å². The van der Waals surface area contributed by atoms with Crippen LogP contribution in [0.4, 0.5) is 14.9 Å². The summed E-state index contributed by atoms with van der Waals surface area (Å²) in [5.74, 6) is -0.295. The molecule has 0 bridgehead atoms. The zero-order chi connectivity index (χ0) is 17.5. The third-order valence-corrected chi connectivity index (χ3v) is 4.11. The van der Waals surface area contributed by atoms with Crippen molar-refractivity contribution in [1.82, 2.24) is 5.32 Å². The Balaban J connectivity index is 1.93. The van der Waals surface area contributed by atoms with Crippen molar-refractivity contribution < 1.29 is 9.18 Å². The molecule has 4 heteroatoms. The van der Waals surface area contributed by atoms with Gasteiger partial charge in [0.1, 0.15) is 5.82 Å². The number of aryl methyl sites for hydroxylation is 3. The molecule has 2 N–H and O–H groups in total. The van der Waals surface area contributed by atoms with Crippen LogP contribution >= 0.6 is 0 Å². The Morgan fingerprint density at radius 2 is 1.88 bits per heavy atom. The highest BCUT2D eigenvalue weighted by Gasteiger charge is 2.07. The smallest absolute Gasteiger partial charge is 0.319 e. The van der Waals surface area contributed by atoms with Gasteiger partial charge in [0.2, 0.25) is 0 Å². The maximum absolute atomic E-state index is 13.3. The molecule has 0 heterocycles. The number of hydrogen-bond acceptors (Lipinski definition) is 1. The van der Waals surface area contributed by atoms with Crippen molar-refractivity contribution in [3.63, 3.8) is 0 Å². The molecule has 0 fully saturated rings. The van der Waals surface area contributed by atoms with E-state index in [0.717, 1.165) is 28.8 Å². The number of halogens is 1. The molecule has 0 saturated heterocycles. The van der Waals surface area contributed by atoms with Crippen LogP contribution in [-0.4, -0.2) is 6.03 Å². The van der Waals surface area contributed by atoms with E-state index in [1.807, 2.05) is 19.9 Å². The molecule has 0 aliphatic heterocycles. The van der Waals surface area contributed by atoms with Gasteiger partial charge in [0.15, 0.2) is 0 Å². The molecule has 0 aliphatic rings. The predicted molar refractivity (Wildman–Crippen MR) is 96.8 cm³/mol. The molecule has 0 radical (unpaired) electrons. The van der Waals surface area contributed by atoms with Crippen LogP contribution in [0.1, 0.15) is 42.0 Å². The summed E-state index contributed by atoms with van der Waals surface area (Å²) in [6.45, 7) is 6.35. The van der Waals surface area contributed by atoms with E-state index in [0.29, 0.717) is 6.54 Å². The van der Waals surface area contributed by atoms with Gasteiger partial charge in [-0.05, 0) is 67.1 Å². The molecule has 0 unspecified atom stereocenters. The van der Waals surface area contributed by atoms with Crippen molar-refractivity contribution in [3.8, 4) is 0 Å². The molecule has 128 valence electrons. The van der Waals surface area contributed by atoms with E-state index in [2.05, 4.69) is 29.7 Å². The first-order valence-electron chi connectivity index (χ1n) is 8.39. The van der Waals surface area contributed by atoms with Crippen molar-refractivity contribution >= 4 is 11.7 Å². The van der Waals surface area contributed by atoms with Gasteiger partial charge < -0.3 is 10.6 Å². The summed E-state index contributed by atoms with van der Waals surface area (Å²) in [6, 6.07) is 10.4. The highest BCUT2D eigenvalue weighted by molar-refractivity contribution is 5.90. The number of carbonyl (C=O) groups excluding carboxylic acids is 1. The van der Waals surface area contributed by atoms with Crippen molar-refractivity contribution in [3.05, 3.63) is 64.5 Å². The largest absolute Gasteiger partial charge is 0.334 e. The van der Waals surface area contributed by atoms with Crippen LogP contribution in [0, 0.1) is 19.7 Å². The molecule has 0 spiro atoms. The number of hydrogen-bond donors (Lipinski definition) is 2. The zero-order valence-electron chi connectivity index (χ0n) is 14.6. The lowest BCUT2D eigenvalue weighted by Gasteiger charge is -2.12. The summed E-state index contributed by atoms with van der Waals surface area (Å²) in [5.41, 5.74) is 4.85. The van der Waals surface area contributed by atoms with Gasteiger partial charge in [0, 0.05) is 12.2 Å². The molecule has 0 atom stereocenters. The average Bonchev–Trinajstić information content (AvgIpc) is 2.56. The first-order chi connectivity index (χ1) is 11.5. The van der Waals surface area contributed by atoms with Gasteiger partial charge in [-0.15, -0.1) is 0 Å². The van der Waals surface area contributed by atoms with Crippen molar-refractivity contribution in [1.29, 1.82) is 0 Å². The second-order valence-corrected chi connectivity index (χ2v) is 6.13. The molecule has 3 nitrogen and oxygen atoms in total. The van der Waals surface area contributed by atoms with Gasteiger partial charge in [0.05, 0.1) is 0 Å². The molecular weight excluding hydrogens is 303 g/mol. The van der Waals surface area contributed by atoms with Gasteiger partial charge in [-0.3, -0.25) is 0 Å². The molecule has 0 aromatic heterocycles. The van der Waals surface area contributed by atoms with E-state index in [1.165, 1.54) is 30.5 Å². The number of urea groups is 1. The van der Waals surface area contributed by atoms with Gasteiger partial charge in [0.25, 0.3) is 0 Å². The minimum atomic E-state index is -0.295. The predicted octanol–water partition coefficient (Wildman–Crippen LogP) is 5.11. The van der Waals surface area contributed by atoms with Crippen molar-refractivity contribution in [2.45, 2.75) is 46.6 Å². The number of unbranched alkanes of at least 4 members (excludes halogenated alkanes) is 1. The lowest BCUT2D eigenvalue weighted by atomic mass is 10.0. The summed E-state index contributed by atoms with van der Waals surface area (Å²) in [6.07, 6.45) is 3.39. The maximum Gasteiger partial charge on any atom is 0.319 e. The first kappa shape index (κ1) is 18.0. The minimum absolute atomic E-state index is 0.289. The quantitative estimate of drug-likeness (QED) is 0.760. The Morgan fingerprint density at radius 3 is 2.58 bits per heavy atom. The summed E-state index contributed by atoms with van der Waals surface area (Å²) in [4.78, 5) is 12.1. The summed E-state index contributed by atoms with van der Waals surface area (Å²) in [7, 11) is 0. The molecule has 0 saturated carbocycles. The monoisotopic (exact) mass is 328 g/mol. The van der Waals surface area contributed by atoms with Crippen LogP contribution in [-0.2, 0) is 13.0 Å². The van der Waals surface area contributed by atoms with E-state index < -0.39 is 0 Å². The Morgan fingerprint density at radius 1 is 1.08 bits per heavy atom. The number of benzene rings is 2. The number of carbonyl (C=O) groups is 1. The molecule has 2 amide bonds. The molecule has 0 aliphatic carbocycles. The molecular formula is C20H25FN2O. The van der Waals surface area contributed by atoms with E-state index in [9.17, 15) is 9.18 Å². The van der Waals surface area contributed by atoms with Gasteiger partial charge in [-0.2, -0.15) is 0 Å². The Hall–Kier alpha value is -2.36. The van der Waals surface area contributed by atoms with Gasteiger partial charge >= 0.3 is 6.03 Å².